The summed E-state index contributed by atoms with van der Waals surface area (Å²) in [5.74, 6) is -0.708. The second kappa shape index (κ2) is 7.56. The summed E-state index contributed by atoms with van der Waals surface area (Å²) in [4.78, 5) is 34.2. The summed E-state index contributed by atoms with van der Waals surface area (Å²) in [5.41, 5.74) is 0.425. The SMILES string of the molecule is COc1ccc(NC(=O)[C@@H](Cl)C(=O)c2ccc([N+](=O)[O-])cc2)cc1. The standard InChI is InChI=1S/C16H13ClN2O5/c1-24-13-8-4-11(5-9-13)18-16(21)14(17)15(20)10-2-6-12(7-3-10)19(22)23/h2-9,14H,1H3,(H,18,21)/t14-/m0/s1. The number of nitro benzene ring substituents is 1. The van der Waals surface area contributed by atoms with Crippen molar-refractivity contribution in [3.8, 4) is 5.75 Å². The van der Waals surface area contributed by atoms with E-state index in [0.717, 1.165) is 0 Å². The van der Waals surface area contributed by atoms with Crippen LogP contribution >= 0.6 is 11.6 Å². The number of anilines is 1. The molecule has 8 heteroatoms. The Morgan fingerprint density at radius 3 is 2.21 bits per heavy atom. The number of ether oxygens (including phenoxy) is 1. The largest absolute Gasteiger partial charge is 0.497 e. The Bertz CT molecular complexity index is 759. The topological polar surface area (TPSA) is 98.5 Å². The molecule has 0 saturated heterocycles. The molecule has 0 spiro atoms. The number of halogens is 1. The molecule has 24 heavy (non-hydrogen) atoms. The molecule has 2 aromatic rings. The Morgan fingerprint density at radius 1 is 1.12 bits per heavy atom. The van der Waals surface area contributed by atoms with Gasteiger partial charge in [0.05, 0.1) is 12.0 Å². The van der Waals surface area contributed by atoms with E-state index < -0.39 is 22.0 Å². The van der Waals surface area contributed by atoms with Gasteiger partial charge in [-0.2, -0.15) is 0 Å². The smallest absolute Gasteiger partial charge is 0.269 e. The van der Waals surface area contributed by atoms with Gasteiger partial charge in [0.2, 0.25) is 5.91 Å². The summed E-state index contributed by atoms with van der Waals surface area (Å²) in [6.45, 7) is 0. The fraction of sp³-hybridized carbons (Fsp3) is 0.125. The third-order valence-corrected chi connectivity index (χ3v) is 3.58. The van der Waals surface area contributed by atoms with Crippen molar-refractivity contribution in [1.29, 1.82) is 0 Å². The molecule has 0 radical (unpaired) electrons. The molecular weight excluding hydrogens is 336 g/mol. The second-order valence-electron chi connectivity index (χ2n) is 4.75. The molecule has 0 bridgehead atoms. The molecule has 0 aliphatic rings. The maximum atomic E-state index is 12.2. The van der Waals surface area contributed by atoms with Crippen LogP contribution in [0.1, 0.15) is 10.4 Å². The van der Waals surface area contributed by atoms with E-state index in [1.54, 1.807) is 24.3 Å². The lowest BCUT2D eigenvalue weighted by Crippen LogP contribution is -2.30. The predicted molar refractivity (Wildman–Crippen MR) is 88.7 cm³/mol. The number of benzene rings is 2. The number of carbonyl (C=O) groups excluding carboxylic acids is 2. The molecule has 0 heterocycles. The van der Waals surface area contributed by atoms with E-state index in [9.17, 15) is 19.7 Å². The number of nitrogens with one attached hydrogen (secondary N) is 1. The molecule has 2 aromatic carbocycles. The molecule has 0 unspecified atom stereocenters. The summed E-state index contributed by atoms with van der Waals surface area (Å²) in [5, 5.41) is 11.7. The van der Waals surface area contributed by atoms with Crippen LogP contribution in [0.5, 0.6) is 5.75 Å². The summed E-state index contributed by atoms with van der Waals surface area (Å²) >= 11 is 5.91. The van der Waals surface area contributed by atoms with Gasteiger partial charge in [-0.05, 0) is 36.4 Å². The van der Waals surface area contributed by atoms with Crippen molar-refractivity contribution in [1.82, 2.24) is 0 Å². The van der Waals surface area contributed by atoms with Gasteiger partial charge in [0.25, 0.3) is 5.69 Å². The first kappa shape index (κ1) is 17.4. The molecule has 0 aliphatic carbocycles. The Labute approximate surface area is 142 Å². The highest BCUT2D eigenvalue weighted by molar-refractivity contribution is 6.45. The van der Waals surface area contributed by atoms with E-state index in [4.69, 9.17) is 16.3 Å². The summed E-state index contributed by atoms with van der Waals surface area (Å²) in [7, 11) is 1.52. The first-order chi connectivity index (χ1) is 11.4. The number of Topliss-reactive ketones (excluding diaryl/α,β-unsaturated/α-hetero) is 1. The molecule has 0 aromatic heterocycles. The molecule has 0 aliphatic heterocycles. The number of nitrogens with zero attached hydrogens (tertiary/aromatic N) is 1. The molecule has 2 rings (SSSR count). The monoisotopic (exact) mass is 348 g/mol. The van der Waals surface area contributed by atoms with Gasteiger partial charge in [-0.1, -0.05) is 0 Å². The summed E-state index contributed by atoms with van der Waals surface area (Å²) in [6, 6.07) is 11.4. The van der Waals surface area contributed by atoms with Crippen molar-refractivity contribution in [2.24, 2.45) is 0 Å². The first-order valence-corrected chi connectivity index (χ1v) is 7.23. The lowest BCUT2D eigenvalue weighted by Gasteiger charge is -2.10. The average Bonchev–Trinajstić information content (AvgIpc) is 2.61. The highest BCUT2D eigenvalue weighted by atomic mass is 35.5. The van der Waals surface area contributed by atoms with Crippen LogP contribution in [0.3, 0.4) is 0 Å². The molecular formula is C16H13ClN2O5. The highest BCUT2D eigenvalue weighted by Gasteiger charge is 2.25. The minimum Gasteiger partial charge on any atom is -0.497 e. The zero-order valence-electron chi connectivity index (χ0n) is 12.6. The summed E-state index contributed by atoms with van der Waals surface area (Å²) < 4.78 is 5.00. The Kier molecular flexibility index (Phi) is 5.49. The fourth-order valence-electron chi connectivity index (χ4n) is 1.89. The molecule has 1 amide bonds. The van der Waals surface area contributed by atoms with Crippen LogP contribution in [0.2, 0.25) is 0 Å². The minimum absolute atomic E-state index is 0.116. The third-order valence-electron chi connectivity index (χ3n) is 3.18. The van der Waals surface area contributed by atoms with Crippen molar-refractivity contribution in [2.45, 2.75) is 5.38 Å². The van der Waals surface area contributed by atoms with Crippen LogP contribution in [0.25, 0.3) is 0 Å². The minimum atomic E-state index is -1.45. The van der Waals surface area contributed by atoms with E-state index in [2.05, 4.69) is 5.32 Å². The van der Waals surface area contributed by atoms with Gasteiger partial charge in [-0.15, -0.1) is 11.6 Å². The zero-order valence-corrected chi connectivity index (χ0v) is 13.3. The second-order valence-corrected chi connectivity index (χ2v) is 5.18. The Balaban J connectivity index is 2.05. The van der Waals surface area contributed by atoms with Crippen LogP contribution in [0.4, 0.5) is 11.4 Å². The quantitative estimate of drug-likeness (QED) is 0.284. The van der Waals surface area contributed by atoms with E-state index >= 15 is 0 Å². The Morgan fingerprint density at radius 2 is 1.71 bits per heavy atom. The number of hydrogen-bond acceptors (Lipinski definition) is 5. The van der Waals surface area contributed by atoms with Crippen molar-refractivity contribution in [2.75, 3.05) is 12.4 Å². The van der Waals surface area contributed by atoms with Gasteiger partial charge >= 0.3 is 0 Å². The maximum Gasteiger partial charge on any atom is 0.269 e. The van der Waals surface area contributed by atoms with Crippen LogP contribution < -0.4 is 10.1 Å². The van der Waals surface area contributed by atoms with Gasteiger partial charge in [0.1, 0.15) is 5.75 Å². The lowest BCUT2D eigenvalue weighted by molar-refractivity contribution is -0.384. The van der Waals surface area contributed by atoms with Crippen molar-refractivity contribution in [3.05, 3.63) is 64.2 Å². The number of carbonyl (C=O) groups is 2. The molecule has 0 saturated carbocycles. The van der Waals surface area contributed by atoms with Crippen LogP contribution in [-0.4, -0.2) is 29.1 Å². The third kappa shape index (κ3) is 4.08. The highest BCUT2D eigenvalue weighted by Crippen LogP contribution is 2.18. The van der Waals surface area contributed by atoms with E-state index in [1.165, 1.54) is 31.4 Å². The number of nitro groups is 1. The average molecular weight is 349 g/mol. The van der Waals surface area contributed by atoms with E-state index in [0.29, 0.717) is 11.4 Å². The first-order valence-electron chi connectivity index (χ1n) is 6.80. The number of amides is 1. The van der Waals surface area contributed by atoms with Gasteiger partial charge in [-0.25, -0.2) is 0 Å². The van der Waals surface area contributed by atoms with Gasteiger partial charge in [-0.3, -0.25) is 19.7 Å². The molecule has 1 atom stereocenters. The molecule has 1 N–H and O–H groups in total. The van der Waals surface area contributed by atoms with Crippen molar-refractivity contribution in [3.63, 3.8) is 0 Å². The number of non-ortho nitro benzene ring substituents is 1. The molecule has 7 nitrogen and oxygen atoms in total. The van der Waals surface area contributed by atoms with E-state index in [-0.39, 0.29) is 11.3 Å². The van der Waals surface area contributed by atoms with E-state index in [1.807, 2.05) is 0 Å². The molecule has 0 fully saturated rings. The number of hydrogen-bond donors (Lipinski definition) is 1. The van der Waals surface area contributed by atoms with Gasteiger partial charge < -0.3 is 10.1 Å². The van der Waals surface area contributed by atoms with Gasteiger partial charge in [0, 0.05) is 23.4 Å². The zero-order chi connectivity index (χ0) is 17.7. The van der Waals surface area contributed by atoms with Crippen LogP contribution in [0, 0.1) is 10.1 Å². The Hall–Kier alpha value is -2.93. The number of methoxy groups -OCH3 is 1. The van der Waals surface area contributed by atoms with Gasteiger partial charge in [0.15, 0.2) is 11.2 Å². The van der Waals surface area contributed by atoms with Crippen molar-refractivity contribution >= 4 is 34.7 Å². The normalized spacial score (nSPS) is 11.4. The van der Waals surface area contributed by atoms with Crippen LogP contribution in [-0.2, 0) is 4.79 Å². The maximum absolute atomic E-state index is 12.2. The fourth-order valence-corrected chi connectivity index (χ4v) is 2.07. The van der Waals surface area contributed by atoms with Crippen LogP contribution in [0.15, 0.2) is 48.5 Å². The number of ketones is 1. The lowest BCUT2D eigenvalue weighted by atomic mass is 10.1. The predicted octanol–water partition coefficient (Wildman–Crippen LogP) is 3.03. The summed E-state index contributed by atoms with van der Waals surface area (Å²) in [6.07, 6.45) is 0. The van der Waals surface area contributed by atoms with Crippen molar-refractivity contribution < 1.29 is 19.2 Å². The number of alkyl halides is 1. The molecule has 124 valence electrons. The number of rotatable bonds is 6.